The van der Waals surface area contributed by atoms with Crippen LogP contribution in [0.5, 0.6) is 0 Å². The van der Waals surface area contributed by atoms with Crippen LogP contribution in [0.15, 0.2) is 0 Å². The van der Waals surface area contributed by atoms with Crippen LogP contribution < -0.4 is 45.5 Å². The van der Waals surface area contributed by atoms with Crippen LogP contribution in [-0.4, -0.2) is 105 Å². The number of carbonyl (C=O) groups is 6. The van der Waals surface area contributed by atoms with Crippen LogP contribution in [0.4, 0.5) is 0 Å². The molecule has 3 N–H and O–H groups in total. The minimum absolute atomic E-state index is 0. The van der Waals surface area contributed by atoms with E-state index in [1.165, 1.54) is 7.05 Å². The molecule has 0 spiro atoms. The molecule has 194 valence electrons. The van der Waals surface area contributed by atoms with Crippen molar-refractivity contribution >= 4 is 45.7 Å². The summed E-state index contributed by atoms with van der Waals surface area (Å²) >= 11 is 0. The van der Waals surface area contributed by atoms with Gasteiger partial charge in [-0.2, -0.15) is 0 Å². The monoisotopic (exact) mass is 533 g/mol. The van der Waals surface area contributed by atoms with Gasteiger partial charge in [0.1, 0.15) is 15.4 Å². The molecule has 18 heteroatoms. The first-order chi connectivity index (χ1) is 15.8. The summed E-state index contributed by atoms with van der Waals surface area (Å²) in [4.78, 5) is 75.1. The molecular formula is C17H28N5NaO11S. The van der Waals surface area contributed by atoms with Gasteiger partial charge in [0.2, 0.25) is 0 Å². The van der Waals surface area contributed by atoms with Gasteiger partial charge in [0, 0.05) is 12.8 Å². The van der Waals surface area contributed by atoms with Gasteiger partial charge in [-0.05, 0) is 27.7 Å². The van der Waals surface area contributed by atoms with Crippen molar-refractivity contribution in [3.8, 4) is 0 Å². The van der Waals surface area contributed by atoms with Crippen LogP contribution in [0.1, 0.15) is 26.2 Å². The predicted octanol–water partition coefficient (Wildman–Crippen LogP) is -6.62. The van der Waals surface area contributed by atoms with Crippen molar-refractivity contribution in [3.63, 3.8) is 0 Å². The van der Waals surface area contributed by atoms with Crippen LogP contribution >= 0.6 is 0 Å². The number of nitrogens with zero attached hydrogens (tertiary/aromatic N) is 2. The minimum atomic E-state index is -4.93. The van der Waals surface area contributed by atoms with Crippen molar-refractivity contribution in [2.45, 2.75) is 31.4 Å². The zero-order valence-electron chi connectivity index (χ0n) is 20.1. The first-order valence-electron chi connectivity index (χ1n) is 9.86. The van der Waals surface area contributed by atoms with Gasteiger partial charge >= 0.3 is 41.5 Å². The van der Waals surface area contributed by atoms with E-state index in [1.54, 1.807) is 7.05 Å². The van der Waals surface area contributed by atoms with E-state index < -0.39 is 57.4 Å². The quantitative estimate of drug-likeness (QED) is 0.150. The number of hydrogen-bond acceptors (Lipinski definition) is 14. The van der Waals surface area contributed by atoms with Gasteiger partial charge in [-0.15, -0.1) is 10.1 Å². The molecule has 0 aromatic carbocycles. The minimum Gasteiger partial charge on any atom is -0.747 e. The van der Waals surface area contributed by atoms with E-state index in [-0.39, 0.29) is 60.6 Å². The standard InChI is InChI=1S/C7H10N2O7S.C7H10N2O4.C3H9N.Na/c1-8-3-6(11)16-9-5(10)2-4(7(9)12)17(13,14)15;1-8-4-7(12)13-9-5(10)2-3-6(9)11;1-3-4-2;/h4,8H,2-3H2,1H3,(H,13,14,15);8H,2-4H2,1H3;4H,3H2,1-2H3;/q;;;+1/p-1. The van der Waals surface area contributed by atoms with E-state index in [1.807, 2.05) is 7.05 Å². The number of rotatable bonds is 8. The summed E-state index contributed by atoms with van der Waals surface area (Å²) in [6.45, 7) is 2.84. The Kier molecular flexibility index (Phi) is 17.5. The largest absolute Gasteiger partial charge is 1.00 e. The Labute approximate surface area is 224 Å². The molecule has 0 aromatic rings. The fourth-order valence-electron chi connectivity index (χ4n) is 2.12. The van der Waals surface area contributed by atoms with Crippen LogP contribution in [0.3, 0.4) is 0 Å². The second-order valence-electron chi connectivity index (χ2n) is 6.49. The molecule has 2 aliphatic rings. The molecule has 2 rings (SSSR count). The second kappa shape index (κ2) is 17.4. The molecule has 0 aromatic heterocycles. The molecule has 16 nitrogen and oxygen atoms in total. The summed E-state index contributed by atoms with van der Waals surface area (Å²) in [5, 5.41) is 6.41. The van der Waals surface area contributed by atoms with E-state index >= 15 is 0 Å². The molecule has 2 aliphatic heterocycles. The molecule has 2 fully saturated rings. The van der Waals surface area contributed by atoms with Crippen molar-refractivity contribution in [1.82, 2.24) is 26.1 Å². The SMILES string of the molecule is CCNC.CNCC(=O)ON1C(=O)CC(S(=O)(=O)[O-])C1=O.CNCC(=O)ON1C(=O)CCC1=O.[Na+]. The third kappa shape index (κ3) is 12.5. The van der Waals surface area contributed by atoms with E-state index in [9.17, 15) is 41.7 Å². The number of likely N-dealkylation sites (N-methyl/N-ethyl adjacent to an activating group) is 2. The van der Waals surface area contributed by atoms with Crippen LogP contribution in [0, 0.1) is 0 Å². The number of imide groups is 2. The summed E-state index contributed by atoms with van der Waals surface area (Å²) in [7, 11) is -0.00934. The molecule has 0 bridgehead atoms. The normalized spacial score (nSPS) is 17.1. The van der Waals surface area contributed by atoms with Gasteiger partial charge in [0.15, 0.2) is 0 Å². The average Bonchev–Trinajstić information content (AvgIpc) is 3.22. The van der Waals surface area contributed by atoms with E-state index in [0.29, 0.717) is 5.06 Å². The summed E-state index contributed by atoms with van der Waals surface area (Å²) < 4.78 is 31.9. The Hall–Kier alpha value is -1.99. The van der Waals surface area contributed by atoms with Crippen molar-refractivity contribution in [1.29, 1.82) is 0 Å². The predicted molar refractivity (Wildman–Crippen MR) is 111 cm³/mol. The van der Waals surface area contributed by atoms with Crippen molar-refractivity contribution in [3.05, 3.63) is 0 Å². The van der Waals surface area contributed by atoms with Gasteiger partial charge in [-0.25, -0.2) is 18.0 Å². The number of hydroxylamine groups is 4. The van der Waals surface area contributed by atoms with E-state index in [0.717, 1.165) is 6.54 Å². The van der Waals surface area contributed by atoms with E-state index in [4.69, 9.17) is 0 Å². The Balaban J connectivity index is 0. The fourth-order valence-corrected chi connectivity index (χ4v) is 2.81. The van der Waals surface area contributed by atoms with Gasteiger partial charge in [0.05, 0.1) is 19.5 Å². The summed E-state index contributed by atoms with van der Waals surface area (Å²) in [5.74, 6) is -4.90. The van der Waals surface area contributed by atoms with Crippen molar-refractivity contribution in [2.75, 3.05) is 40.8 Å². The molecule has 0 aliphatic carbocycles. The van der Waals surface area contributed by atoms with Gasteiger partial charge < -0.3 is 30.2 Å². The van der Waals surface area contributed by atoms with Crippen molar-refractivity contribution in [2.24, 2.45) is 0 Å². The Morgan fingerprint density at radius 1 is 0.886 bits per heavy atom. The first kappa shape index (κ1) is 35.2. The molecular weight excluding hydrogens is 505 g/mol. The maximum Gasteiger partial charge on any atom is 1.00 e. The maximum atomic E-state index is 11.3. The molecule has 4 amide bonds. The second-order valence-corrected chi connectivity index (χ2v) is 8.04. The molecule has 0 radical (unpaired) electrons. The molecule has 2 saturated heterocycles. The molecule has 1 atom stereocenters. The van der Waals surface area contributed by atoms with Crippen molar-refractivity contribution < 1.29 is 81.0 Å². The van der Waals surface area contributed by atoms with E-state index in [2.05, 4.69) is 32.5 Å². The third-order valence-corrected chi connectivity index (χ3v) is 4.86. The Bertz CT molecular complexity index is 866. The Morgan fingerprint density at radius 2 is 1.29 bits per heavy atom. The number of hydrogen-bond donors (Lipinski definition) is 3. The Morgan fingerprint density at radius 3 is 1.60 bits per heavy atom. The molecule has 0 saturated carbocycles. The molecule has 1 unspecified atom stereocenters. The number of nitrogens with one attached hydrogen (secondary N) is 3. The maximum absolute atomic E-state index is 11.3. The molecule has 35 heavy (non-hydrogen) atoms. The third-order valence-electron chi connectivity index (χ3n) is 3.80. The summed E-state index contributed by atoms with van der Waals surface area (Å²) in [6.07, 6.45) is -0.575. The van der Waals surface area contributed by atoms with Gasteiger partial charge in [0.25, 0.3) is 23.6 Å². The van der Waals surface area contributed by atoms with Crippen LogP contribution in [-0.2, 0) is 48.6 Å². The molecule has 2 heterocycles. The van der Waals surface area contributed by atoms with Gasteiger partial charge in [-0.1, -0.05) is 6.92 Å². The number of carbonyl (C=O) groups excluding carboxylic acids is 6. The van der Waals surface area contributed by atoms with Crippen LogP contribution in [0.2, 0.25) is 0 Å². The zero-order valence-corrected chi connectivity index (χ0v) is 22.9. The number of amides is 4. The van der Waals surface area contributed by atoms with Gasteiger partial charge in [-0.3, -0.25) is 19.2 Å². The van der Waals surface area contributed by atoms with Crippen LogP contribution in [0.25, 0.3) is 0 Å². The topological polar surface area (TPSA) is 221 Å². The fraction of sp³-hybridized carbons (Fsp3) is 0.647. The summed E-state index contributed by atoms with van der Waals surface area (Å²) in [5.41, 5.74) is 0. The smallest absolute Gasteiger partial charge is 0.747 e. The summed E-state index contributed by atoms with van der Waals surface area (Å²) in [6, 6.07) is 0. The zero-order chi connectivity index (χ0) is 26.5. The first-order valence-corrected chi connectivity index (χ1v) is 11.3. The average molecular weight is 533 g/mol.